The van der Waals surface area contributed by atoms with E-state index in [0.29, 0.717) is 13.0 Å². The Morgan fingerprint density at radius 1 is 0.654 bits per heavy atom. The number of hydrogen-bond donors (Lipinski definition) is 1. The topological polar surface area (TPSA) is 57.6 Å². The van der Waals surface area contributed by atoms with Crippen molar-refractivity contribution < 1.29 is 14.7 Å². The summed E-state index contributed by atoms with van der Waals surface area (Å²) in [7, 11) is 1.69. The second-order valence-electron chi connectivity index (χ2n) is 7.66. The van der Waals surface area contributed by atoms with Crippen LogP contribution in [0.3, 0.4) is 0 Å². The first kappa shape index (κ1) is 24.9. The van der Waals surface area contributed by atoms with E-state index in [-0.39, 0.29) is 12.3 Å². The molecule has 1 amide bonds. The molecular formula is C22H43NO3. The Morgan fingerprint density at radius 3 is 1.42 bits per heavy atom. The molecule has 0 aliphatic rings. The standard InChI is InChI=1S/C22H43NO3/c1-3-4-5-6-7-8-9-10-11-12-13-14-15-16-17-18-21(24)23(2)20-19-22(25)26/h3-20H2,1-2H3,(H,25,26). The van der Waals surface area contributed by atoms with Crippen LogP contribution in [-0.4, -0.2) is 35.5 Å². The van der Waals surface area contributed by atoms with E-state index >= 15 is 0 Å². The van der Waals surface area contributed by atoms with Crippen molar-refractivity contribution in [2.75, 3.05) is 13.6 Å². The molecule has 0 radical (unpaired) electrons. The molecule has 0 aromatic heterocycles. The highest BCUT2D eigenvalue weighted by Crippen LogP contribution is 2.13. The number of carboxylic acid groups (broad SMARTS) is 1. The molecule has 0 fully saturated rings. The summed E-state index contributed by atoms with van der Waals surface area (Å²) in [6.45, 7) is 2.58. The van der Waals surface area contributed by atoms with Crippen molar-refractivity contribution in [1.82, 2.24) is 4.90 Å². The Labute approximate surface area is 161 Å². The van der Waals surface area contributed by atoms with Crippen LogP contribution >= 0.6 is 0 Å². The van der Waals surface area contributed by atoms with Gasteiger partial charge in [-0.05, 0) is 6.42 Å². The van der Waals surface area contributed by atoms with E-state index in [1.807, 2.05) is 0 Å². The molecule has 154 valence electrons. The number of rotatable bonds is 19. The SMILES string of the molecule is CCCCCCCCCCCCCCCCCC(=O)N(C)CCC(=O)O. The van der Waals surface area contributed by atoms with Gasteiger partial charge in [-0.15, -0.1) is 0 Å². The number of nitrogens with zero attached hydrogens (tertiary/aromatic N) is 1. The summed E-state index contributed by atoms with van der Waals surface area (Å²) in [5, 5.41) is 8.62. The maximum Gasteiger partial charge on any atom is 0.305 e. The quantitative estimate of drug-likeness (QED) is 0.276. The van der Waals surface area contributed by atoms with Crippen LogP contribution in [0.5, 0.6) is 0 Å². The number of aliphatic carboxylic acids is 1. The Morgan fingerprint density at radius 2 is 1.04 bits per heavy atom. The van der Waals surface area contributed by atoms with Gasteiger partial charge in [0.25, 0.3) is 0 Å². The third-order valence-corrected chi connectivity index (χ3v) is 5.08. The minimum absolute atomic E-state index is 0.0289. The van der Waals surface area contributed by atoms with Crippen molar-refractivity contribution >= 4 is 11.9 Å². The van der Waals surface area contributed by atoms with Crippen LogP contribution in [0.1, 0.15) is 116 Å². The van der Waals surface area contributed by atoms with Gasteiger partial charge in [-0.25, -0.2) is 0 Å². The molecule has 0 heterocycles. The minimum Gasteiger partial charge on any atom is -0.481 e. The van der Waals surface area contributed by atoms with Gasteiger partial charge in [0.15, 0.2) is 0 Å². The lowest BCUT2D eigenvalue weighted by atomic mass is 10.0. The average Bonchev–Trinajstić information content (AvgIpc) is 2.62. The van der Waals surface area contributed by atoms with Gasteiger partial charge in [0, 0.05) is 20.0 Å². The summed E-state index contributed by atoms with van der Waals surface area (Å²) in [4.78, 5) is 23.9. The highest BCUT2D eigenvalue weighted by molar-refractivity contribution is 5.76. The van der Waals surface area contributed by atoms with E-state index in [1.54, 1.807) is 7.05 Å². The summed E-state index contributed by atoms with van der Waals surface area (Å²) in [5.41, 5.74) is 0. The third kappa shape index (κ3) is 17.8. The molecular weight excluding hydrogens is 326 g/mol. The van der Waals surface area contributed by atoms with Crippen molar-refractivity contribution in [2.24, 2.45) is 0 Å². The second-order valence-corrected chi connectivity index (χ2v) is 7.66. The predicted octanol–water partition coefficient (Wildman–Crippen LogP) is 6.18. The van der Waals surface area contributed by atoms with Crippen LogP contribution in [0, 0.1) is 0 Å². The van der Waals surface area contributed by atoms with Crippen LogP contribution in [0.4, 0.5) is 0 Å². The smallest absolute Gasteiger partial charge is 0.305 e. The highest BCUT2D eigenvalue weighted by atomic mass is 16.4. The number of unbranched alkanes of at least 4 members (excludes halogenated alkanes) is 14. The van der Waals surface area contributed by atoms with Gasteiger partial charge in [0.1, 0.15) is 0 Å². The lowest BCUT2D eigenvalue weighted by Crippen LogP contribution is -2.28. The first-order valence-corrected chi connectivity index (χ1v) is 11.0. The molecule has 0 bridgehead atoms. The Hall–Kier alpha value is -1.06. The Balaban J connectivity index is 3.24. The van der Waals surface area contributed by atoms with Crippen molar-refractivity contribution in [3.05, 3.63) is 0 Å². The van der Waals surface area contributed by atoms with Gasteiger partial charge >= 0.3 is 5.97 Å². The number of carbonyl (C=O) groups is 2. The molecule has 0 saturated carbocycles. The average molecular weight is 370 g/mol. The van der Waals surface area contributed by atoms with Gasteiger partial charge in [-0.2, -0.15) is 0 Å². The van der Waals surface area contributed by atoms with Crippen molar-refractivity contribution in [3.8, 4) is 0 Å². The van der Waals surface area contributed by atoms with Crippen molar-refractivity contribution in [1.29, 1.82) is 0 Å². The maximum atomic E-state index is 11.8. The van der Waals surface area contributed by atoms with E-state index in [2.05, 4.69) is 6.92 Å². The van der Waals surface area contributed by atoms with Crippen molar-refractivity contribution in [2.45, 2.75) is 116 Å². The maximum absolute atomic E-state index is 11.8. The fraction of sp³-hybridized carbons (Fsp3) is 0.909. The lowest BCUT2D eigenvalue weighted by molar-refractivity contribution is -0.138. The van der Waals surface area contributed by atoms with E-state index in [9.17, 15) is 9.59 Å². The molecule has 1 N–H and O–H groups in total. The summed E-state index contributed by atoms with van der Waals surface area (Å²) >= 11 is 0. The molecule has 0 spiro atoms. The molecule has 0 rings (SSSR count). The molecule has 0 aliphatic heterocycles. The predicted molar refractivity (Wildman–Crippen MR) is 109 cm³/mol. The van der Waals surface area contributed by atoms with Crippen LogP contribution in [-0.2, 0) is 9.59 Å². The van der Waals surface area contributed by atoms with Gasteiger partial charge in [0.2, 0.25) is 5.91 Å². The van der Waals surface area contributed by atoms with Crippen LogP contribution in [0.25, 0.3) is 0 Å². The molecule has 4 heteroatoms. The molecule has 0 unspecified atom stereocenters. The first-order chi connectivity index (χ1) is 12.6. The number of carbonyl (C=O) groups excluding carboxylic acids is 1. The van der Waals surface area contributed by atoms with Crippen LogP contribution in [0.15, 0.2) is 0 Å². The number of amides is 1. The second kappa shape index (κ2) is 18.7. The van der Waals surface area contributed by atoms with Gasteiger partial charge < -0.3 is 10.0 Å². The molecule has 0 aliphatic carbocycles. The zero-order valence-electron chi connectivity index (χ0n) is 17.4. The minimum atomic E-state index is -0.850. The third-order valence-electron chi connectivity index (χ3n) is 5.08. The number of carboxylic acids is 1. The highest BCUT2D eigenvalue weighted by Gasteiger charge is 2.09. The van der Waals surface area contributed by atoms with E-state index < -0.39 is 5.97 Å². The normalized spacial score (nSPS) is 10.8. The van der Waals surface area contributed by atoms with Gasteiger partial charge in [-0.1, -0.05) is 96.8 Å². The monoisotopic (exact) mass is 369 g/mol. The first-order valence-electron chi connectivity index (χ1n) is 11.0. The van der Waals surface area contributed by atoms with Gasteiger partial charge in [0.05, 0.1) is 6.42 Å². The Kier molecular flexibility index (Phi) is 18.0. The lowest BCUT2D eigenvalue weighted by Gasteiger charge is -2.15. The van der Waals surface area contributed by atoms with E-state index in [4.69, 9.17) is 5.11 Å². The van der Waals surface area contributed by atoms with E-state index in [1.165, 1.54) is 88.4 Å². The van der Waals surface area contributed by atoms with Crippen LogP contribution < -0.4 is 0 Å². The van der Waals surface area contributed by atoms with E-state index in [0.717, 1.165) is 12.8 Å². The summed E-state index contributed by atoms with van der Waals surface area (Å²) in [6, 6.07) is 0. The fourth-order valence-electron chi connectivity index (χ4n) is 3.23. The summed E-state index contributed by atoms with van der Waals surface area (Å²) < 4.78 is 0. The molecule has 0 saturated heterocycles. The molecule has 4 nitrogen and oxygen atoms in total. The fourth-order valence-corrected chi connectivity index (χ4v) is 3.23. The molecule has 0 atom stereocenters. The zero-order chi connectivity index (χ0) is 19.5. The summed E-state index contributed by atoms with van der Waals surface area (Å²) in [6.07, 6.45) is 20.4. The Bertz CT molecular complexity index is 344. The summed E-state index contributed by atoms with van der Waals surface area (Å²) in [5.74, 6) is -0.780. The van der Waals surface area contributed by atoms with Gasteiger partial charge in [-0.3, -0.25) is 9.59 Å². The molecule has 0 aromatic carbocycles. The molecule has 0 aromatic rings. The number of hydrogen-bond acceptors (Lipinski definition) is 2. The zero-order valence-corrected chi connectivity index (χ0v) is 17.4. The molecule has 26 heavy (non-hydrogen) atoms. The van der Waals surface area contributed by atoms with Crippen molar-refractivity contribution in [3.63, 3.8) is 0 Å². The van der Waals surface area contributed by atoms with Crippen LogP contribution in [0.2, 0.25) is 0 Å². The largest absolute Gasteiger partial charge is 0.481 e.